The second-order valence-electron chi connectivity index (χ2n) is 4.88. The predicted octanol–water partition coefficient (Wildman–Crippen LogP) is 4.32. The molecule has 0 fully saturated rings. The third kappa shape index (κ3) is 5.35. The first-order chi connectivity index (χ1) is 10.5. The average Bonchev–Trinajstić information content (AvgIpc) is 2.51. The highest BCUT2D eigenvalue weighted by molar-refractivity contribution is 8.00. The molecule has 22 heavy (non-hydrogen) atoms. The molecule has 0 spiro atoms. The Bertz CT molecular complexity index is 616. The van der Waals surface area contributed by atoms with Gasteiger partial charge in [0.05, 0.1) is 5.25 Å². The summed E-state index contributed by atoms with van der Waals surface area (Å²) in [6.45, 7) is 2.41. The minimum absolute atomic E-state index is 0.0120. The van der Waals surface area contributed by atoms with Gasteiger partial charge in [-0.05, 0) is 55.3 Å². The molecule has 0 aliphatic carbocycles. The lowest BCUT2D eigenvalue weighted by atomic mass is 10.1. The zero-order valence-corrected chi connectivity index (χ0v) is 13.8. The minimum Gasteiger partial charge on any atom is -0.355 e. The Balaban J connectivity index is 1.76. The van der Waals surface area contributed by atoms with E-state index in [0.717, 1.165) is 10.5 Å². The average molecular weight is 338 g/mol. The second-order valence-corrected chi connectivity index (χ2v) is 6.73. The van der Waals surface area contributed by atoms with E-state index < -0.39 is 0 Å². The van der Waals surface area contributed by atoms with E-state index in [9.17, 15) is 9.18 Å². The topological polar surface area (TPSA) is 29.1 Å². The lowest BCUT2D eigenvalue weighted by Gasteiger charge is -2.12. The highest BCUT2D eigenvalue weighted by Crippen LogP contribution is 2.24. The van der Waals surface area contributed by atoms with Gasteiger partial charge < -0.3 is 5.32 Å². The fourth-order valence-electron chi connectivity index (χ4n) is 1.90. The number of hydrogen-bond donors (Lipinski definition) is 1. The Kier molecular flexibility index (Phi) is 6.28. The van der Waals surface area contributed by atoms with Crippen molar-refractivity contribution in [2.75, 3.05) is 6.54 Å². The van der Waals surface area contributed by atoms with Gasteiger partial charge in [0.15, 0.2) is 0 Å². The minimum atomic E-state index is -0.249. The maximum absolute atomic E-state index is 12.8. The molecule has 1 amide bonds. The maximum atomic E-state index is 12.8. The molecule has 5 heteroatoms. The highest BCUT2D eigenvalue weighted by atomic mass is 35.5. The van der Waals surface area contributed by atoms with Crippen LogP contribution in [-0.4, -0.2) is 17.7 Å². The Labute approximate surface area is 139 Å². The zero-order valence-electron chi connectivity index (χ0n) is 12.2. The Morgan fingerprint density at radius 3 is 2.45 bits per heavy atom. The molecular weight excluding hydrogens is 321 g/mol. The van der Waals surface area contributed by atoms with Crippen LogP contribution in [0, 0.1) is 5.82 Å². The third-order valence-corrected chi connectivity index (χ3v) is 4.49. The normalized spacial score (nSPS) is 12.0. The number of carbonyl (C=O) groups is 1. The van der Waals surface area contributed by atoms with E-state index in [4.69, 9.17) is 11.6 Å². The van der Waals surface area contributed by atoms with Crippen molar-refractivity contribution in [3.05, 3.63) is 64.9 Å². The van der Waals surface area contributed by atoms with Crippen LogP contribution in [0.4, 0.5) is 4.39 Å². The molecule has 2 nitrogen and oxygen atoms in total. The van der Waals surface area contributed by atoms with Crippen molar-refractivity contribution in [2.45, 2.75) is 23.5 Å². The van der Waals surface area contributed by atoms with Crippen LogP contribution in [0.2, 0.25) is 5.02 Å². The van der Waals surface area contributed by atoms with Crippen molar-refractivity contribution in [2.24, 2.45) is 0 Å². The van der Waals surface area contributed by atoms with E-state index in [0.29, 0.717) is 18.0 Å². The number of amides is 1. The Hall–Kier alpha value is -1.52. The van der Waals surface area contributed by atoms with Crippen molar-refractivity contribution < 1.29 is 9.18 Å². The standard InChI is InChI=1S/C17H17ClFNOS/c1-12(22-16-8-4-14(18)5-9-16)17(21)20-11-10-13-2-6-15(19)7-3-13/h2-9,12H,10-11H2,1H3,(H,20,21)/t12-/m1/s1. The van der Waals surface area contributed by atoms with Gasteiger partial charge in [0.25, 0.3) is 0 Å². The summed E-state index contributed by atoms with van der Waals surface area (Å²) in [6.07, 6.45) is 0.685. The molecule has 2 rings (SSSR count). The van der Waals surface area contributed by atoms with Crippen LogP contribution >= 0.6 is 23.4 Å². The summed E-state index contributed by atoms with van der Waals surface area (Å²) >= 11 is 7.32. The number of hydrogen-bond acceptors (Lipinski definition) is 2. The van der Waals surface area contributed by atoms with Crippen molar-refractivity contribution >= 4 is 29.3 Å². The molecule has 0 heterocycles. The summed E-state index contributed by atoms with van der Waals surface area (Å²) in [5, 5.41) is 3.39. The molecule has 0 bridgehead atoms. The lowest BCUT2D eigenvalue weighted by Crippen LogP contribution is -2.32. The second kappa shape index (κ2) is 8.20. The summed E-state index contributed by atoms with van der Waals surface area (Å²) in [4.78, 5) is 13.0. The Morgan fingerprint density at radius 2 is 1.82 bits per heavy atom. The molecule has 1 atom stereocenters. The van der Waals surface area contributed by atoms with Crippen molar-refractivity contribution in [1.82, 2.24) is 5.32 Å². The molecule has 2 aromatic rings. The highest BCUT2D eigenvalue weighted by Gasteiger charge is 2.13. The number of benzene rings is 2. The molecule has 0 radical (unpaired) electrons. The Morgan fingerprint density at radius 1 is 1.18 bits per heavy atom. The summed E-state index contributed by atoms with van der Waals surface area (Å²) in [6, 6.07) is 13.7. The predicted molar refractivity (Wildman–Crippen MR) is 89.9 cm³/mol. The van der Waals surface area contributed by atoms with Crippen LogP contribution in [0.5, 0.6) is 0 Å². The smallest absolute Gasteiger partial charge is 0.233 e. The summed E-state index contributed by atoms with van der Waals surface area (Å²) in [5.41, 5.74) is 1.000. The van der Waals surface area contributed by atoms with Crippen LogP contribution in [0.15, 0.2) is 53.4 Å². The zero-order chi connectivity index (χ0) is 15.9. The van der Waals surface area contributed by atoms with E-state index >= 15 is 0 Å². The van der Waals surface area contributed by atoms with Gasteiger partial charge in [-0.15, -0.1) is 11.8 Å². The van der Waals surface area contributed by atoms with Crippen molar-refractivity contribution in [3.8, 4) is 0 Å². The molecule has 0 aromatic heterocycles. The first kappa shape index (κ1) is 16.8. The van der Waals surface area contributed by atoms with Gasteiger partial charge in [0.2, 0.25) is 5.91 Å². The van der Waals surface area contributed by atoms with E-state index in [1.807, 2.05) is 31.2 Å². The first-order valence-corrected chi connectivity index (χ1v) is 8.25. The number of rotatable bonds is 6. The molecule has 0 saturated carbocycles. The van der Waals surface area contributed by atoms with Crippen LogP contribution in [0.25, 0.3) is 0 Å². The number of nitrogens with one attached hydrogen (secondary N) is 1. The van der Waals surface area contributed by atoms with Gasteiger partial charge in [-0.1, -0.05) is 23.7 Å². The molecule has 116 valence electrons. The molecule has 2 aromatic carbocycles. The van der Waals surface area contributed by atoms with Gasteiger partial charge in [-0.2, -0.15) is 0 Å². The summed E-state index contributed by atoms with van der Waals surface area (Å²) < 4.78 is 12.8. The van der Waals surface area contributed by atoms with E-state index in [2.05, 4.69) is 5.32 Å². The largest absolute Gasteiger partial charge is 0.355 e. The molecule has 0 unspecified atom stereocenters. The monoisotopic (exact) mass is 337 g/mol. The molecule has 0 aliphatic heterocycles. The van der Waals surface area contributed by atoms with E-state index in [1.165, 1.54) is 23.9 Å². The van der Waals surface area contributed by atoms with Gasteiger partial charge in [-0.3, -0.25) is 4.79 Å². The van der Waals surface area contributed by atoms with E-state index in [-0.39, 0.29) is 17.0 Å². The fourth-order valence-corrected chi connectivity index (χ4v) is 2.91. The maximum Gasteiger partial charge on any atom is 0.233 e. The molecule has 0 aliphatic rings. The van der Waals surface area contributed by atoms with Crippen LogP contribution in [-0.2, 0) is 11.2 Å². The van der Waals surface area contributed by atoms with E-state index in [1.54, 1.807) is 12.1 Å². The number of thioether (sulfide) groups is 1. The molecule has 1 N–H and O–H groups in total. The molecule has 0 saturated heterocycles. The van der Waals surface area contributed by atoms with Crippen LogP contribution in [0.3, 0.4) is 0 Å². The quantitative estimate of drug-likeness (QED) is 0.795. The first-order valence-electron chi connectivity index (χ1n) is 6.99. The van der Waals surface area contributed by atoms with Crippen LogP contribution < -0.4 is 5.32 Å². The molecular formula is C17H17ClFNOS. The van der Waals surface area contributed by atoms with Gasteiger partial charge >= 0.3 is 0 Å². The van der Waals surface area contributed by atoms with Gasteiger partial charge in [0, 0.05) is 16.5 Å². The van der Waals surface area contributed by atoms with Crippen molar-refractivity contribution in [3.63, 3.8) is 0 Å². The SMILES string of the molecule is C[C@@H](Sc1ccc(Cl)cc1)C(=O)NCCc1ccc(F)cc1. The fraction of sp³-hybridized carbons (Fsp3) is 0.235. The lowest BCUT2D eigenvalue weighted by molar-refractivity contribution is -0.120. The number of halogens is 2. The van der Waals surface area contributed by atoms with Gasteiger partial charge in [0.1, 0.15) is 5.82 Å². The van der Waals surface area contributed by atoms with Crippen LogP contribution in [0.1, 0.15) is 12.5 Å². The number of carbonyl (C=O) groups excluding carboxylic acids is 1. The van der Waals surface area contributed by atoms with Crippen molar-refractivity contribution in [1.29, 1.82) is 0 Å². The summed E-state index contributed by atoms with van der Waals surface area (Å²) in [7, 11) is 0. The summed E-state index contributed by atoms with van der Waals surface area (Å²) in [5.74, 6) is -0.261. The third-order valence-electron chi connectivity index (χ3n) is 3.12. The van der Waals surface area contributed by atoms with Gasteiger partial charge in [-0.25, -0.2) is 4.39 Å².